The SMILES string of the molecule is CCCCCC(CC)C(CCCCN)C(=O)O. The van der Waals surface area contributed by atoms with Crippen molar-refractivity contribution in [3.8, 4) is 0 Å². The maximum Gasteiger partial charge on any atom is 0.306 e. The molecule has 0 spiro atoms. The number of carboxylic acid groups (broad SMARTS) is 1. The zero-order chi connectivity index (χ0) is 13.1. The smallest absolute Gasteiger partial charge is 0.306 e. The van der Waals surface area contributed by atoms with Gasteiger partial charge in [0.2, 0.25) is 0 Å². The Bertz CT molecular complexity index is 195. The molecule has 0 aromatic rings. The molecule has 0 saturated carbocycles. The molecule has 102 valence electrons. The van der Waals surface area contributed by atoms with Crippen molar-refractivity contribution in [3.63, 3.8) is 0 Å². The third kappa shape index (κ3) is 7.37. The molecule has 0 aromatic carbocycles. The number of nitrogens with two attached hydrogens (primary N) is 1. The van der Waals surface area contributed by atoms with E-state index in [1.54, 1.807) is 0 Å². The first-order valence-corrected chi connectivity index (χ1v) is 7.10. The molecule has 0 fully saturated rings. The molecule has 3 heteroatoms. The monoisotopic (exact) mass is 243 g/mol. The summed E-state index contributed by atoms with van der Waals surface area (Å²) in [5.41, 5.74) is 5.45. The highest BCUT2D eigenvalue weighted by Gasteiger charge is 2.25. The van der Waals surface area contributed by atoms with E-state index in [2.05, 4.69) is 13.8 Å². The van der Waals surface area contributed by atoms with Crippen LogP contribution >= 0.6 is 0 Å². The van der Waals surface area contributed by atoms with Gasteiger partial charge in [-0.2, -0.15) is 0 Å². The van der Waals surface area contributed by atoms with Crippen molar-refractivity contribution in [1.82, 2.24) is 0 Å². The normalized spacial score (nSPS) is 14.5. The average Bonchev–Trinajstić information content (AvgIpc) is 2.31. The van der Waals surface area contributed by atoms with Crippen LogP contribution in [0.15, 0.2) is 0 Å². The first-order valence-electron chi connectivity index (χ1n) is 7.10. The Labute approximate surface area is 106 Å². The van der Waals surface area contributed by atoms with Gasteiger partial charge in [0, 0.05) is 0 Å². The second-order valence-electron chi connectivity index (χ2n) is 4.89. The zero-order valence-electron chi connectivity index (χ0n) is 11.5. The van der Waals surface area contributed by atoms with Crippen molar-refractivity contribution in [2.45, 2.75) is 65.2 Å². The van der Waals surface area contributed by atoms with Crippen molar-refractivity contribution >= 4 is 5.97 Å². The van der Waals surface area contributed by atoms with Gasteiger partial charge in [-0.1, -0.05) is 46.0 Å². The van der Waals surface area contributed by atoms with Gasteiger partial charge in [0.05, 0.1) is 5.92 Å². The Hall–Kier alpha value is -0.570. The van der Waals surface area contributed by atoms with Crippen LogP contribution in [0, 0.1) is 11.8 Å². The lowest BCUT2D eigenvalue weighted by atomic mass is 9.82. The number of unbranched alkanes of at least 4 members (excludes halogenated alkanes) is 3. The minimum atomic E-state index is -0.620. The molecule has 3 nitrogen and oxygen atoms in total. The van der Waals surface area contributed by atoms with Crippen molar-refractivity contribution in [2.24, 2.45) is 17.6 Å². The van der Waals surface area contributed by atoms with Crippen molar-refractivity contribution in [1.29, 1.82) is 0 Å². The highest BCUT2D eigenvalue weighted by Crippen LogP contribution is 2.27. The number of rotatable bonds is 11. The molecule has 2 unspecified atom stereocenters. The Morgan fingerprint density at radius 2 is 1.76 bits per heavy atom. The summed E-state index contributed by atoms with van der Waals surface area (Å²) < 4.78 is 0. The molecule has 0 aliphatic carbocycles. The fraction of sp³-hybridized carbons (Fsp3) is 0.929. The molecule has 0 aliphatic rings. The lowest BCUT2D eigenvalue weighted by Crippen LogP contribution is -2.23. The zero-order valence-corrected chi connectivity index (χ0v) is 11.5. The standard InChI is InChI=1S/C14H29NO2/c1-3-5-6-9-12(4-2)13(14(16)17)10-7-8-11-15/h12-13H,3-11,15H2,1-2H3,(H,16,17). The molecule has 0 radical (unpaired) electrons. The lowest BCUT2D eigenvalue weighted by Gasteiger charge is -2.22. The molecule has 0 aromatic heterocycles. The number of carbonyl (C=O) groups is 1. The molecular weight excluding hydrogens is 214 g/mol. The van der Waals surface area contributed by atoms with Crippen LogP contribution in [0.1, 0.15) is 65.2 Å². The highest BCUT2D eigenvalue weighted by molar-refractivity contribution is 5.70. The number of hydrogen-bond donors (Lipinski definition) is 2. The summed E-state index contributed by atoms with van der Waals surface area (Å²) in [5.74, 6) is -0.439. The fourth-order valence-corrected chi connectivity index (χ4v) is 2.42. The van der Waals surface area contributed by atoms with Crippen LogP contribution in [0.5, 0.6) is 0 Å². The van der Waals surface area contributed by atoms with E-state index in [9.17, 15) is 9.90 Å². The minimum absolute atomic E-state index is 0.164. The fourth-order valence-electron chi connectivity index (χ4n) is 2.42. The van der Waals surface area contributed by atoms with Gasteiger partial charge in [-0.05, 0) is 31.7 Å². The van der Waals surface area contributed by atoms with E-state index in [0.29, 0.717) is 12.5 Å². The van der Waals surface area contributed by atoms with E-state index in [1.807, 2.05) is 0 Å². The van der Waals surface area contributed by atoms with Gasteiger partial charge in [-0.3, -0.25) is 4.79 Å². The van der Waals surface area contributed by atoms with Crippen LogP contribution in [0.4, 0.5) is 0 Å². The molecule has 0 saturated heterocycles. The number of hydrogen-bond acceptors (Lipinski definition) is 2. The Morgan fingerprint density at radius 3 is 2.24 bits per heavy atom. The van der Waals surface area contributed by atoms with Crippen LogP contribution < -0.4 is 5.73 Å². The van der Waals surface area contributed by atoms with Crippen molar-refractivity contribution in [2.75, 3.05) is 6.54 Å². The van der Waals surface area contributed by atoms with Gasteiger partial charge in [-0.25, -0.2) is 0 Å². The van der Waals surface area contributed by atoms with E-state index in [0.717, 1.165) is 38.5 Å². The van der Waals surface area contributed by atoms with Gasteiger partial charge in [0.15, 0.2) is 0 Å². The van der Waals surface area contributed by atoms with E-state index in [1.165, 1.54) is 12.8 Å². The van der Waals surface area contributed by atoms with Crippen LogP contribution in [0.3, 0.4) is 0 Å². The first-order chi connectivity index (χ1) is 8.17. The second-order valence-corrected chi connectivity index (χ2v) is 4.89. The van der Waals surface area contributed by atoms with Gasteiger partial charge >= 0.3 is 5.97 Å². The second kappa shape index (κ2) is 10.6. The minimum Gasteiger partial charge on any atom is -0.481 e. The molecule has 0 amide bonds. The quantitative estimate of drug-likeness (QED) is 0.546. The van der Waals surface area contributed by atoms with Crippen LogP contribution in [0.2, 0.25) is 0 Å². The van der Waals surface area contributed by atoms with E-state index in [4.69, 9.17) is 5.73 Å². The highest BCUT2D eigenvalue weighted by atomic mass is 16.4. The van der Waals surface area contributed by atoms with E-state index >= 15 is 0 Å². The first kappa shape index (κ1) is 16.4. The molecule has 0 heterocycles. The predicted octanol–water partition coefficient (Wildman–Crippen LogP) is 3.42. The third-order valence-electron chi connectivity index (χ3n) is 3.56. The Kier molecular flexibility index (Phi) is 10.2. The Balaban J connectivity index is 4.16. The maximum atomic E-state index is 11.3. The molecule has 0 aliphatic heterocycles. The number of carboxylic acids is 1. The van der Waals surface area contributed by atoms with Crippen molar-refractivity contribution < 1.29 is 9.90 Å². The molecule has 17 heavy (non-hydrogen) atoms. The predicted molar refractivity (Wildman–Crippen MR) is 72.0 cm³/mol. The van der Waals surface area contributed by atoms with Crippen molar-refractivity contribution in [3.05, 3.63) is 0 Å². The van der Waals surface area contributed by atoms with E-state index in [-0.39, 0.29) is 5.92 Å². The summed E-state index contributed by atoms with van der Waals surface area (Å²) in [4.78, 5) is 11.3. The third-order valence-corrected chi connectivity index (χ3v) is 3.56. The summed E-state index contributed by atoms with van der Waals surface area (Å²) in [5, 5.41) is 9.30. The lowest BCUT2D eigenvalue weighted by molar-refractivity contribution is -0.144. The van der Waals surface area contributed by atoms with Gasteiger partial charge in [0.25, 0.3) is 0 Å². The van der Waals surface area contributed by atoms with Gasteiger partial charge in [0.1, 0.15) is 0 Å². The molecule has 0 rings (SSSR count). The summed E-state index contributed by atoms with van der Waals surface area (Å²) in [6.07, 6.45) is 8.28. The van der Waals surface area contributed by atoms with Crippen LogP contribution in [0.25, 0.3) is 0 Å². The average molecular weight is 243 g/mol. The summed E-state index contributed by atoms with van der Waals surface area (Å²) in [7, 11) is 0. The largest absolute Gasteiger partial charge is 0.481 e. The Morgan fingerprint density at radius 1 is 1.12 bits per heavy atom. The summed E-state index contributed by atoms with van der Waals surface area (Å²) in [6, 6.07) is 0. The molecule has 0 bridgehead atoms. The molecular formula is C14H29NO2. The molecule has 3 N–H and O–H groups in total. The van der Waals surface area contributed by atoms with Crippen LogP contribution in [-0.2, 0) is 4.79 Å². The van der Waals surface area contributed by atoms with Gasteiger partial charge < -0.3 is 10.8 Å². The summed E-state index contributed by atoms with van der Waals surface area (Å²) in [6.45, 7) is 4.95. The van der Waals surface area contributed by atoms with Crippen LogP contribution in [-0.4, -0.2) is 17.6 Å². The maximum absolute atomic E-state index is 11.3. The molecule has 2 atom stereocenters. The number of aliphatic carboxylic acids is 1. The van der Waals surface area contributed by atoms with E-state index < -0.39 is 5.97 Å². The summed E-state index contributed by atoms with van der Waals surface area (Å²) >= 11 is 0. The topological polar surface area (TPSA) is 63.3 Å². The van der Waals surface area contributed by atoms with Gasteiger partial charge in [-0.15, -0.1) is 0 Å².